The van der Waals surface area contributed by atoms with Gasteiger partial charge in [0.2, 0.25) is 29.5 Å². The van der Waals surface area contributed by atoms with E-state index in [-0.39, 0.29) is 91.4 Å². The van der Waals surface area contributed by atoms with Crippen LogP contribution in [0.25, 0.3) is 0 Å². The van der Waals surface area contributed by atoms with Crippen molar-refractivity contribution in [3.05, 3.63) is 123 Å². The standard InChI is InChI=1S/C13H20N2O4.C13H13NO3.C7H11NOS.C6H7NO3.C6H7NO2.C6H5NO2/c1-11(13(17)15-4-8-19-9-5-15)10-12(16)14-2-6-18-7-3-14;1-9(2)12(15)14-11(8-17-13(14)16)10-6-4-3-5-7-10;1-2-7(9)8-3-5-10-6-4-8;1-2-7-5(8)3-10-4-6(7)9;2*1-2-7-5(8)3-4-6(7)9/h1-10H2;3-7,11H,1,8H2,2H3;2H,1,3-6H2;2H,1,3-4H2;2H,1,3-4H2;2-4H,1H2. The summed E-state index contributed by atoms with van der Waals surface area (Å²) in [4.78, 5) is 132. The molecule has 0 saturated carbocycles. The lowest BCUT2D eigenvalue weighted by molar-refractivity contribution is -0.154. The van der Waals surface area contributed by atoms with E-state index in [1.54, 1.807) is 16.7 Å². The summed E-state index contributed by atoms with van der Waals surface area (Å²) >= 11 is 1.90. The Bertz CT molecular complexity index is 2280. The van der Waals surface area contributed by atoms with Crippen LogP contribution in [0.5, 0.6) is 0 Å². The third-order valence-electron chi connectivity index (χ3n) is 10.9. The second kappa shape index (κ2) is 31.8. The van der Waals surface area contributed by atoms with E-state index in [4.69, 9.17) is 14.2 Å². The molecule has 0 bridgehead atoms. The summed E-state index contributed by atoms with van der Waals surface area (Å²) in [5.74, 6) is -0.00641. The normalized spacial score (nSPS) is 19.1. The van der Waals surface area contributed by atoms with Gasteiger partial charge in [0.1, 0.15) is 25.9 Å². The zero-order valence-corrected chi connectivity index (χ0v) is 42.4. The molecule has 7 aliphatic heterocycles. The van der Waals surface area contributed by atoms with Crippen molar-refractivity contribution < 1.29 is 71.7 Å². The van der Waals surface area contributed by atoms with E-state index >= 15 is 0 Å². The fraction of sp³-hybridized carbons (Fsp3) is 0.392. The molecule has 7 aliphatic rings. The van der Waals surface area contributed by atoms with Crippen molar-refractivity contribution in [1.29, 1.82) is 0 Å². The topological polar surface area (TPSA) is 247 Å². The van der Waals surface area contributed by atoms with Gasteiger partial charge < -0.3 is 33.6 Å². The smallest absolute Gasteiger partial charge is 0.417 e. The van der Waals surface area contributed by atoms with E-state index in [9.17, 15) is 52.7 Å². The fourth-order valence-electron chi connectivity index (χ4n) is 6.95. The minimum absolute atomic E-state index is 0.0300. The van der Waals surface area contributed by atoms with Gasteiger partial charge in [0.15, 0.2) is 0 Å². The van der Waals surface area contributed by atoms with Crippen LogP contribution < -0.4 is 0 Å². The van der Waals surface area contributed by atoms with Crippen molar-refractivity contribution in [2.24, 2.45) is 0 Å². The Morgan fingerprint density at radius 2 is 1.11 bits per heavy atom. The van der Waals surface area contributed by atoms with E-state index in [2.05, 4.69) is 44.2 Å². The summed E-state index contributed by atoms with van der Waals surface area (Å²) in [7, 11) is 0. The van der Waals surface area contributed by atoms with Crippen LogP contribution in [0.1, 0.15) is 37.8 Å². The summed E-state index contributed by atoms with van der Waals surface area (Å²) < 4.78 is 20.0. The van der Waals surface area contributed by atoms with Crippen LogP contribution in [-0.4, -0.2) is 196 Å². The zero-order chi connectivity index (χ0) is 54.7. The van der Waals surface area contributed by atoms with E-state index in [1.165, 1.54) is 36.8 Å². The number of cyclic esters (lactones) is 1. The maximum absolute atomic E-state index is 12.1. The quantitative estimate of drug-likeness (QED) is 0.255. The molecular weight excluding hydrogens is 983 g/mol. The number of benzene rings is 1. The molecule has 0 radical (unpaired) electrons. The molecule has 0 aromatic heterocycles. The van der Waals surface area contributed by atoms with Crippen LogP contribution in [0.4, 0.5) is 4.79 Å². The first kappa shape index (κ1) is 60.7. The molecule has 1 atom stereocenters. The molecule has 7 heterocycles. The molecule has 0 N–H and O–H groups in total. The maximum atomic E-state index is 12.1. The monoisotopic (exact) mass is 1050 g/mol. The number of nitrogens with zero attached hydrogens (tertiary/aromatic N) is 7. The van der Waals surface area contributed by atoms with Crippen LogP contribution in [0, 0.1) is 0 Å². The van der Waals surface area contributed by atoms with Crippen LogP contribution in [-0.2, 0) is 66.9 Å². The van der Waals surface area contributed by atoms with Crippen LogP contribution in [0.3, 0.4) is 0 Å². The highest BCUT2D eigenvalue weighted by Gasteiger charge is 2.39. The number of rotatable bonds is 9. The molecule has 1 unspecified atom stereocenters. The average Bonchev–Trinajstić information content (AvgIpc) is 4.09. The molecule has 0 aliphatic carbocycles. The predicted octanol–water partition coefficient (Wildman–Crippen LogP) is 2.53. The summed E-state index contributed by atoms with van der Waals surface area (Å²) in [6, 6.07) is 8.99. The highest BCUT2D eigenvalue weighted by atomic mass is 32.2. The first-order valence-corrected chi connectivity index (χ1v) is 24.4. The predicted molar refractivity (Wildman–Crippen MR) is 270 cm³/mol. The summed E-state index contributed by atoms with van der Waals surface area (Å²) in [6.45, 7) is 28.7. The van der Waals surface area contributed by atoms with Gasteiger partial charge in [-0.2, -0.15) is 11.8 Å². The maximum Gasteiger partial charge on any atom is 0.417 e. The number of hydrogen-bond donors (Lipinski definition) is 0. The number of ether oxygens (including phenoxy) is 4. The van der Waals surface area contributed by atoms with Crippen molar-refractivity contribution in [2.75, 3.05) is 97.0 Å². The Kier molecular flexibility index (Phi) is 26.1. The number of imide groups is 4. The van der Waals surface area contributed by atoms with Gasteiger partial charge in [-0.25, -0.2) is 9.69 Å². The molecule has 6 saturated heterocycles. The molecule has 398 valence electrons. The first-order chi connectivity index (χ1) is 35.4. The van der Waals surface area contributed by atoms with E-state index in [0.717, 1.165) is 49.8 Å². The van der Waals surface area contributed by atoms with Crippen molar-refractivity contribution in [2.45, 2.75) is 32.2 Å². The molecule has 1 aromatic carbocycles. The number of carbonyl (C=O) groups excluding carboxylic acids is 11. The molecule has 11 amide bonds. The molecule has 22 nitrogen and oxygen atoms in total. The second-order valence-corrected chi connectivity index (χ2v) is 17.2. The van der Waals surface area contributed by atoms with E-state index < -0.39 is 6.09 Å². The third kappa shape index (κ3) is 18.8. The number of hydrogen-bond acceptors (Lipinski definition) is 16. The SMILES string of the molecule is C=C(C)C(=O)N1C(=O)OCC1c1ccccc1.C=C(CC(=O)N1CCOCC1)C(=O)N1CCOCC1.C=CC(=O)N1CCSCC1.C=CN1C(=O)C=CC1=O.C=CN1C(=O)CCC1=O.C=CN1C(=O)COCC1=O. The Morgan fingerprint density at radius 1 is 0.622 bits per heavy atom. The van der Waals surface area contributed by atoms with Gasteiger partial charge in [-0.3, -0.25) is 62.6 Å². The number of amides is 11. The molecule has 74 heavy (non-hydrogen) atoms. The lowest BCUT2D eigenvalue weighted by Gasteiger charge is -2.29. The van der Waals surface area contributed by atoms with Crippen molar-refractivity contribution in [3.63, 3.8) is 0 Å². The molecule has 23 heteroatoms. The lowest BCUT2D eigenvalue weighted by atomic mass is 10.1. The molecule has 0 spiro atoms. The summed E-state index contributed by atoms with van der Waals surface area (Å²) in [5.41, 5.74) is 1.57. The van der Waals surface area contributed by atoms with Gasteiger partial charge in [-0.1, -0.05) is 69.8 Å². The van der Waals surface area contributed by atoms with E-state index in [1.807, 2.05) is 47.0 Å². The minimum atomic E-state index is -0.605. The number of thioether (sulfide) groups is 1. The number of morpholine rings is 3. The first-order valence-electron chi connectivity index (χ1n) is 23.2. The Labute approximate surface area is 434 Å². The fourth-order valence-corrected chi connectivity index (χ4v) is 7.86. The van der Waals surface area contributed by atoms with Crippen LogP contribution >= 0.6 is 11.8 Å². The number of likely N-dealkylation sites (tertiary alicyclic amines) is 1. The third-order valence-corrected chi connectivity index (χ3v) is 11.9. The highest BCUT2D eigenvalue weighted by molar-refractivity contribution is 7.99. The zero-order valence-electron chi connectivity index (χ0n) is 41.6. The Morgan fingerprint density at radius 3 is 1.54 bits per heavy atom. The van der Waals surface area contributed by atoms with Crippen LogP contribution in [0.15, 0.2) is 118 Å². The van der Waals surface area contributed by atoms with Gasteiger partial charge in [-0.15, -0.1) is 0 Å². The van der Waals surface area contributed by atoms with Gasteiger partial charge in [0, 0.05) is 106 Å². The number of carbonyl (C=O) groups is 11. The second-order valence-electron chi connectivity index (χ2n) is 16.0. The van der Waals surface area contributed by atoms with Gasteiger partial charge in [0.25, 0.3) is 29.5 Å². The van der Waals surface area contributed by atoms with Gasteiger partial charge in [0.05, 0.1) is 32.8 Å². The van der Waals surface area contributed by atoms with Gasteiger partial charge in [-0.05, 0) is 18.6 Å². The highest BCUT2D eigenvalue weighted by Crippen LogP contribution is 2.28. The Balaban J connectivity index is 0.000000241. The molecule has 8 rings (SSSR count). The Hall–Kier alpha value is -7.60. The molecular formula is C51H63N7O15S. The molecule has 1 aromatic rings. The van der Waals surface area contributed by atoms with E-state index in [0.29, 0.717) is 76.6 Å². The van der Waals surface area contributed by atoms with Gasteiger partial charge >= 0.3 is 6.09 Å². The summed E-state index contributed by atoms with van der Waals surface area (Å²) in [5, 5.41) is 0. The molecule has 6 fully saturated rings. The summed E-state index contributed by atoms with van der Waals surface area (Å²) in [6.07, 6.45) is 7.64. The van der Waals surface area contributed by atoms with Crippen LogP contribution in [0.2, 0.25) is 0 Å². The van der Waals surface area contributed by atoms with Crippen molar-refractivity contribution in [1.82, 2.24) is 34.3 Å². The van der Waals surface area contributed by atoms with Crippen molar-refractivity contribution >= 4 is 76.9 Å². The van der Waals surface area contributed by atoms with Crippen molar-refractivity contribution in [3.8, 4) is 0 Å². The lowest BCUT2D eigenvalue weighted by Crippen LogP contribution is -2.43. The minimum Gasteiger partial charge on any atom is -0.446 e. The average molecular weight is 1050 g/mol. The largest absolute Gasteiger partial charge is 0.446 e.